The molecule has 0 spiro atoms. The molecule has 1 aromatic heterocycles. The van der Waals surface area contributed by atoms with Crippen molar-refractivity contribution in [1.82, 2.24) is 4.98 Å². The van der Waals surface area contributed by atoms with Crippen molar-refractivity contribution < 1.29 is 14.3 Å². The summed E-state index contributed by atoms with van der Waals surface area (Å²) < 4.78 is 11.9. The minimum atomic E-state index is -0.794. The van der Waals surface area contributed by atoms with Crippen LogP contribution >= 0.6 is 22.9 Å². The molecule has 1 amide bonds. The molecule has 4 rings (SSSR count). The van der Waals surface area contributed by atoms with E-state index in [2.05, 4.69) is 10.3 Å². The quantitative estimate of drug-likeness (QED) is 0.282. The SMILES string of the molecule is CCOc1ccc(C(c2ccc(OC)cc2)C(C)(C)C(=O)Nc2nc3ccc(Cl)cc3s2)cc1. The Hall–Kier alpha value is -3.09. The van der Waals surface area contributed by atoms with Crippen molar-refractivity contribution in [3.8, 4) is 11.5 Å². The molecule has 0 bridgehead atoms. The van der Waals surface area contributed by atoms with E-state index in [4.69, 9.17) is 21.1 Å². The van der Waals surface area contributed by atoms with Crippen LogP contribution in [0.25, 0.3) is 10.2 Å². The van der Waals surface area contributed by atoms with E-state index in [0.29, 0.717) is 16.8 Å². The average molecular weight is 495 g/mol. The first-order chi connectivity index (χ1) is 16.3. The Morgan fingerprint density at radius 3 is 2.24 bits per heavy atom. The summed E-state index contributed by atoms with van der Waals surface area (Å²) in [5.41, 5.74) is 2.05. The number of methoxy groups -OCH3 is 1. The average Bonchev–Trinajstić information content (AvgIpc) is 3.22. The van der Waals surface area contributed by atoms with Crippen LogP contribution in [0.4, 0.5) is 5.13 Å². The third kappa shape index (κ3) is 5.03. The molecule has 0 saturated heterocycles. The highest BCUT2D eigenvalue weighted by atomic mass is 35.5. The van der Waals surface area contributed by atoms with Crippen LogP contribution in [0.5, 0.6) is 11.5 Å². The van der Waals surface area contributed by atoms with Crippen molar-refractivity contribution >= 4 is 44.2 Å². The lowest BCUT2D eigenvalue weighted by molar-refractivity contribution is -0.124. The molecule has 0 aliphatic heterocycles. The summed E-state index contributed by atoms with van der Waals surface area (Å²) in [7, 11) is 1.64. The van der Waals surface area contributed by atoms with Crippen LogP contribution in [0.2, 0.25) is 5.02 Å². The smallest absolute Gasteiger partial charge is 0.232 e. The van der Waals surface area contributed by atoms with Crippen LogP contribution in [-0.2, 0) is 4.79 Å². The highest BCUT2D eigenvalue weighted by Crippen LogP contribution is 2.43. The van der Waals surface area contributed by atoms with E-state index >= 15 is 0 Å². The van der Waals surface area contributed by atoms with Gasteiger partial charge >= 0.3 is 0 Å². The maximum Gasteiger partial charge on any atom is 0.232 e. The lowest BCUT2D eigenvalue weighted by Crippen LogP contribution is -2.37. The van der Waals surface area contributed by atoms with E-state index in [9.17, 15) is 4.79 Å². The van der Waals surface area contributed by atoms with E-state index in [0.717, 1.165) is 32.8 Å². The first-order valence-corrected chi connectivity index (χ1v) is 12.3. The number of amides is 1. The third-order valence-corrected chi connectivity index (χ3v) is 7.02. The Labute approximate surface area is 208 Å². The van der Waals surface area contributed by atoms with Gasteiger partial charge in [-0.05, 0) is 60.5 Å². The zero-order valence-electron chi connectivity index (χ0n) is 19.6. The number of ether oxygens (including phenoxy) is 2. The number of rotatable bonds is 8. The zero-order chi connectivity index (χ0) is 24.3. The molecule has 176 valence electrons. The normalized spacial score (nSPS) is 12.4. The maximum atomic E-state index is 13.6. The maximum absolute atomic E-state index is 13.6. The predicted octanol–water partition coefficient (Wildman–Crippen LogP) is 7.15. The molecule has 7 heteroatoms. The summed E-state index contributed by atoms with van der Waals surface area (Å²) >= 11 is 7.52. The van der Waals surface area contributed by atoms with Crippen molar-refractivity contribution in [1.29, 1.82) is 0 Å². The summed E-state index contributed by atoms with van der Waals surface area (Å²) in [5.74, 6) is 1.24. The third-order valence-electron chi connectivity index (χ3n) is 5.85. The lowest BCUT2D eigenvalue weighted by atomic mass is 9.70. The van der Waals surface area contributed by atoms with E-state index < -0.39 is 5.41 Å². The second-order valence-electron chi connectivity index (χ2n) is 8.52. The molecule has 1 N–H and O–H groups in total. The van der Waals surface area contributed by atoms with Gasteiger partial charge in [-0.15, -0.1) is 0 Å². The number of aromatic nitrogens is 1. The van der Waals surface area contributed by atoms with Gasteiger partial charge < -0.3 is 14.8 Å². The molecule has 1 atom stereocenters. The Morgan fingerprint density at radius 1 is 1.03 bits per heavy atom. The van der Waals surface area contributed by atoms with Crippen molar-refractivity contribution in [2.24, 2.45) is 5.41 Å². The summed E-state index contributed by atoms with van der Waals surface area (Å²) in [6.45, 7) is 6.47. The van der Waals surface area contributed by atoms with Gasteiger partial charge in [-0.25, -0.2) is 4.98 Å². The fourth-order valence-corrected chi connectivity index (χ4v) is 5.22. The van der Waals surface area contributed by atoms with E-state index in [1.165, 1.54) is 11.3 Å². The Kier molecular flexibility index (Phi) is 7.10. The number of anilines is 1. The van der Waals surface area contributed by atoms with Crippen LogP contribution in [0.3, 0.4) is 0 Å². The molecular formula is C27H27ClN2O3S. The Balaban J connectivity index is 1.69. The van der Waals surface area contributed by atoms with Crippen LogP contribution < -0.4 is 14.8 Å². The number of carbonyl (C=O) groups is 1. The molecule has 0 aliphatic carbocycles. The summed E-state index contributed by atoms with van der Waals surface area (Å²) in [4.78, 5) is 18.2. The molecule has 1 heterocycles. The van der Waals surface area contributed by atoms with E-state index in [1.807, 2.05) is 81.4 Å². The van der Waals surface area contributed by atoms with Crippen molar-refractivity contribution in [3.05, 3.63) is 82.9 Å². The number of hydrogen-bond acceptors (Lipinski definition) is 5. The van der Waals surface area contributed by atoms with Crippen LogP contribution in [0.15, 0.2) is 66.7 Å². The monoisotopic (exact) mass is 494 g/mol. The number of nitrogens with zero attached hydrogens (tertiary/aromatic N) is 1. The van der Waals surface area contributed by atoms with Gasteiger partial charge in [0, 0.05) is 10.9 Å². The van der Waals surface area contributed by atoms with Crippen LogP contribution in [0, 0.1) is 5.41 Å². The van der Waals surface area contributed by atoms with Gasteiger partial charge in [-0.2, -0.15) is 0 Å². The van der Waals surface area contributed by atoms with Crippen LogP contribution in [0.1, 0.15) is 37.8 Å². The van der Waals surface area contributed by atoms with Gasteiger partial charge in [-0.3, -0.25) is 4.79 Å². The first kappa shape index (κ1) is 24.0. The molecule has 0 radical (unpaired) electrons. The minimum absolute atomic E-state index is 0.118. The minimum Gasteiger partial charge on any atom is -0.497 e. The zero-order valence-corrected chi connectivity index (χ0v) is 21.2. The fraction of sp³-hybridized carbons (Fsp3) is 0.259. The fourth-order valence-electron chi connectivity index (χ4n) is 4.09. The number of hydrogen-bond donors (Lipinski definition) is 1. The molecule has 34 heavy (non-hydrogen) atoms. The number of nitrogens with one attached hydrogen (secondary N) is 1. The molecule has 1 unspecified atom stereocenters. The number of carbonyl (C=O) groups excluding carboxylic acids is 1. The second-order valence-corrected chi connectivity index (χ2v) is 9.98. The number of thiazole rings is 1. The van der Waals surface area contributed by atoms with Gasteiger partial charge in [0.25, 0.3) is 0 Å². The van der Waals surface area contributed by atoms with E-state index in [1.54, 1.807) is 13.2 Å². The number of benzene rings is 3. The summed E-state index contributed by atoms with van der Waals surface area (Å²) in [6.07, 6.45) is 0. The van der Waals surface area contributed by atoms with Crippen molar-refractivity contribution in [3.63, 3.8) is 0 Å². The second kappa shape index (κ2) is 10.0. The topological polar surface area (TPSA) is 60.5 Å². The summed E-state index contributed by atoms with van der Waals surface area (Å²) in [6, 6.07) is 21.3. The van der Waals surface area contributed by atoms with Gasteiger partial charge in [0.2, 0.25) is 5.91 Å². The van der Waals surface area contributed by atoms with Gasteiger partial charge in [0.1, 0.15) is 11.5 Å². The Morgan fingerprint density at radius 2 is 1.65 bits per heavy atom. The van der Waals surface area contributed by atoms with Crippen molar-refractivity contribution in [2.45, 2.75) is 26.7 Å². The molecule has 0 fully saturated rings. The predicted molar refractivity (Wildman–Crippen MR) is 139 cm³/mol. The van der Waals surface area contributed by atoms with Crippen molar-refractivity contribution in [2.75, 3.05) is 19.0 Å². The van der Waals surface area contributed by atoms with Gasteiger partial charge in [0.05, 0.1) is 29.3 Å². The van der Waals surface area contributed by atoms with Gasteiger partial charge in [0.15, 0.2) is 5.13 Å². The lowest BCUT2D eigenvalue weighted by Gasteiger charge is -2.34. The molecule has 5 nitrogen and oxygen atoms in total. The standard InChI is InChI=1S/C27H27ClN2O3S/c1-5-33-21-13-8-18(9-14-21)24(17-6-11-20(32-4)12-7-17)27(2,3)25(31)30-26-29-22-15-10-19(28)16-23(22)34-26/h6-16,24H,5H2,1-4H3,(H,29,30,31). The summed E-state index contributed by atoms with van der Waals surface area (Å²) in [5, 5.41) is 4.24. The largest absolute Gasteiger partial charge is 0.497 e. The Bertz CT molecular complexity index is 1280. The molecule has 0 aliphatic rings. The highest BCUT2D eigenvalue weighted by molar-refractivity contribution is 7.22. The van der Waals surface area contributed by atoms with Crippen LogP contribution in [-0.4, -0.2) is 24.6 Å². The number of halogens is 1. The highest BCUT2D eigenvalue weighted by Gasteiger charge is 2.39. The molecule has 3 aromatic carbocycles. The molecule has 0 saturated carbocycles. The van der Waals surface area contributed by atoms with Gasteiger partial charge in [-0.1, -0.05) is 61.1 Å². The first-order valence-electron chi connectivity index (χ1n) is 11.1. The number of fused-ring (bicyclic) bond motifs is 1. The molecule has 4 aromatic rings. The molecular weight excluding hydrogens is 468 g/mol. The van der Waals surface area contributed by atoms with E-state index in [-0.39, 0.29) is 11.8 Å².